The smallest absolute Gasteiger partial charge is 0.394 e. The van der Waals surface area contributed by atoms with Crippen molar-refractivity contribution in [3.8, 4) is 11.7 Å². The van der Waals surface area contributed by atoms with Gasteiger partial charge in [0.25, 0.3) is 15.9 Å². The number of aromatic nitrogens is 4. The van der Waals surface area contributed by atoms with E-state index in [0.29, 0.717) is 31.1 Å². The number of carbonyl (C=O) groups is 2. The molecule has 2 fully saturated rings. The van der Waals surface area contributed by atoms with E-state index in [9.17, 15) is 31.2 Å². The first-order valence-electron chi connectivity index (χ1n) is 16.6. The van der Waals surface area contributed by atoms with Gasteiger partial charge in [0.05, 0.1) is 17.6 Å². The maximum Gasteiger partial charge on any atom is 0.394 e. The van der Waals surface area contributed by atoms with Gasteiger partial charge in [0.2, 0.25) is 11.8 Å². The number of amides is 2. The number of pyridine rings is 2. The Hall–Kier alpha value is -4.41. The highest BCUT2D eigenvalue weighted by atomic mass is 32.2. The van der Waals surface area contributed by atoms with Crippen LogP contribution in [0.4, 0.5) is 24.8 Å². The number of sulfonamides is 1. The lowest BCUT2D eigenvalue weighted by Crippen LogP contribution is -2.41. The van der Waals surface area contributed by atoms with Crippen molar-refractivity contribution in [2.45, 2.75) is 76.0 Å². The first kappa shape index (κ1) is 35.4. The van der Waals surface area contributed by atoms with Gasteiger partial charge >= 0.3 is 6.18 Å². The summed E-state index contributed by atoms with van der Waals surface area (Å²) in [6.45, 7) is 7.34. The summed E-state index contributed by atoms with van der Waals surface area (Å²) in [6, 6.07) is 8.98. The molecule has 3 N–H and O–H groups in total. The molecule has 270 valence electrons. The summed E-state index contributed by atoms with van der Waals surface area (Å²) in [5.41, 5.74) is 3.29. The molecule has 2 aliphatic heterocycles. The Morgan fingerprint density at radius 1 is 1.12 bits per heavy atom. The van der Waals surface area contributed by atoms with Gasteiger partial charge in [-0.3, -0.25) is 9.59 Å². The van der Waals surface area contributed by atoms with Crippen molar-refractivity contribution in [2.24, 2.45) is 23.0 Å². The van der Waals surface area contributed by atoms with Gasteiger partial charge in [-0.15, -0.1) is 5.10 Å². The molecule has 4 bridgehead atoms. The molecule has 0 radical (unpaired) electrons. The molecule has 13 nitrogen and oxygen atoms in total. The quantitative estimate of drug-likeness (QED) is 0.345. The number of rotatable bonds is 8. The highest BCUT2D eigenvalue weighted by molar-refractivity contribution is 7.90. The third-order valence-electron chi connectivity index (χ3n) is 10.2. The van der Waals surface area contributed by atoms with Gasteiger partial charge in [0, 0.05) is 43.9 Å². The number of alkyl halides is 3. The fourth-order valence-corrected chi connectivity index (χ4v) is 7.76. The molecule has 0 unspecified atom stereocenters. The van der Waals surface area contributed by atoms with E-state index in [2.05, 4.69) is 21.7 Å². The molecular formula is C33H41F3N8O5S. The Bertz CT molecular complexity index is 1880. The summed E-state index contributed by atoms with van der Waals surface area (Å²) >= 11 is 0. The van der Waals surface area contributed by atoms with E-state index in [1.807, 2.05) is 23.6 Å². The van der Waals surface area contributed by atoms with Crippen molar-refractivity contribution in [1.29, 1.82) is 0 Å². The second-order valence-corrected chi connectivity index (χ2v) is 15.8. The third-order valence-corrected chi connectivity index (χ3v) is 11.4. The van der Waals surface area contributed by atoms with Gasteiger partial charge in [-0.1, -0.05) is 13.0 Å². The minimum atomic E-state index is -4.44. The fraction of sp³-hybridized carbons (Fsp3) is 0.545. The molecule has 6 rings (SSSR count). The molecule has 2 atom stereocenters. The lowest BCUT2D eigenvalue weighted by atomic mass is 9.86. The number of anilines is 2. The molecule has 0 aromatic carbocycles. The number of hydrogen-bond donors (Lipinski definition) is 2. The van der Waals surface area contributed by atoms with Gasteiger partial charge in [-0.25, -0.2) is 19.4 Å². The average Bonchev–Trinajstić information content (AvgIpc) is 3.59. The number of ether oxygens (including phenoxy) is 1. The van der Waals surface area contributed by atoms with Crippen molar-refractivity contribution < 1.29 is 35.9 Å². The van der Waals surface area contributed by atoms with Crippen LogP contribution in [0.15, 0.2) is 47.6 Å². The second-order valence-electron chi connectivity index (χ2n) is 14.1. The highest BCUT2D eigenvalue weighted by Crippen LogP contribution is 2.59. The van der Waals surface area contributed by atoms with E-state index in [1.165, 1.54) is 35.0 Å². The lowest BCUT2D eigenvalue weighted by Gasteiger charge is -2.34. The summed E-state index contributed by atoms with van der Waals surface area (Å²) < 4.78 is 76.2. The third kappa shape index (κ3) is 7.23. The molecule has 1 aliphatic carbocycles. The van der Waals surface area contributed by atoms with Crippen LogP contribution >= 0.6 is 0 Å². The molecule has 2 amide bonds. The van der Waals surface area contributed by atoms with Crippen molar-refractivity contribution >= 4 is 33.5 Å². The predicted octanol–water partition coefficient (Wildman–Crippen LogP) is 4.22. The molecule has 1 saturated carbocycles. The normalized spacial score (nSPS) is 22.6. The molecule has 17 heteroatoms. The Kier molecular flexibility index (Phi) is 9.24. The first-order valence-corrected chi connectivity index (χ1v) is 18.1. The zero-order valence-electron chi connectivity index (χ0n) is 28.1. The van der Waals surface area contributed by atoms with Gasteiger partial charge in [-0.05, 0) is 82.1 Å². The number of fused-ring (bicyclic) bond motifs is 6. The summed E-state index contributed by atoms with van der Waals surface area (Å²) in [5, 5.41) is 4.00. The number of carbonyl (C=O) groups excluding carboxylic acids is 2. The Balaban J connectivity index is 1.32. The van der Waals surface area contributed by atoms with Crippen LogP contribution in [0.5, 0.6) is 5.88 Å². The molecule has 1 saturated heterocycles. The molecule has 3 aromatic heterocycles. The Labute approximate surface area is 288 Å². The molecule has 5 heterocycles. The number of nitrogens with zero attached hydrogens (tertiary/aromatic N) is 6. The van der Waals surface area contributed by atoms with Crippen LogP contribution in [0.3, 0.4) is 0 Å². The zero-order valence-corrected chi connectivity index (χ0v) is 28.9. The summed E-state index contributed by atoms with van der Waals surface area (Å²) in [6.07, 6.45) is -1.17. The standard InChI is InChI=1S/C33H41F3N8O5S/c1-21-9-15-42(16-10-24(37)45)25-5-4-6-28(38-25)50(47,48)41-30(46)23-7-8-26(39-29(23)43-20-22(21)19-31(43,2)3)44-17-11-27(40-44)49-18-14-32(12-13-32)33(34,35)36/h4-8,11,17,21-22H,9-10,12-16,18-20H2,1-3H3,(H2,37,45)(H,41,46)/t21-,22-/m0/s1. The number of hydrogen-bond acceptors (Lipinski definition) is 10. The van der Waals surface area contributed by atoms with Gasteiger partial charge in [-0.2, -0.15) is 21.6 Å². The molecule has 50 heavy (non-hydrogen) atoms. The minimum Gasteiger partial charge on any atom is -0.477 e. The van der Waals surface area contributed by atoms with Crippen molar-refractivity contribution in [1.82, 2.24) is 24.5 Å². The molecule has 3 aromatic rings. The maximum absolute atomic E-state index is 13.8. The second kappa shape index (κ2) is 13.0. The number of nitrogens with one attached hydrogen (secondary N) is 1. The van der Waals surface area contributed by atoms with E-state index >= 15 is 0 Å². The van der Waals surface area contributed by atoms with E-state index in [-0.39, 0.29) is 73.0 Å². The average molecular weight is 719 g/mol. The van der Waals surface area contributed by atoms with Crippen molar-refractivity contribution in [2.75, 3.05) is 36.0 Å². The van der Waals surface area contributed by atoms with Crippen LogP contribution in [0.25, 0.3) is 5.82 Å². The van der Waals surface area contributed by atoms with Gasteiger partial charge < -0.3 is 20.3 Å². The molecular weight excluding hydrogens is 677 g/mol. The summed E-state index contributed by atoms with van der Waals surface area (Å²) in [4.78, 5) is 38.5. The minimum absolute atomic E-state index is 0.0262. The van der Waals surface area contributed by atoms with Crippen LogP contribution < -0.4 is 25.0 Å². The predicted molar refractivity (Wildman–Crippen MR) is 177 cm³/mol. The zero-order chi connectivity index (χ0) is 36.1. The van der Waals surface area contributed by atoms with Crippen LogP contribution in [0, 0.1) is 17.3 Å². The van der Waals surface area contributed by atoms with Crippen LogP contribution in [0.2, 0.25) is 0 Å². The fourth-order valence-electron chi connectivity index (χ4n) is 6.83. The van der Waals surface area contributed by atoms with Crippen LogP contribution in [0.1, 0.15) is 69.7 Å². The number of halogens is 3. The van der Waals surface area contributed by atoms with Crippen LogP contribution in [-0.4, -0.2) is 77.9 Å². The number of nitrogens with two attached hydrogens (primary N) is 1. The topological polar surface area (TPSA) is 166 Å². The van der Waals surface area contributed by atoms with Gasteiger partial charge in [0.1, 0.15) is 11.6 Å². The Morgan fingerprint density at radius 3 is 2.58 bits per heavy atom. The number of primary amides is 1. The summed E-state index contributed by atoms with van der Waals surface area (Å²) in [7, 11) is -4.44. The maximum atomic E-state index is 13.8. The largest absolute Gasteiger partial charge is 0.477 e. The Morgan fingerprint density at radius 2 is 1.88 bits per heavy atom. The first-order chi connectivity index (χ1) is 23.5. The van der Waals surface area contributed by atoms with Crippen molar-refractivity contribution in [3.05, 3.63) is 48.2 Å². The monoisotopic (exact) mass is 718 g/mol. The lowest BCUT2D eigenvalue weighted by molar-refractivity contribution is -0.190. The SMILES string of the molecule is C[C@H]1CCN(CCC(N)=O)c2cccc(n2)S(=O)(=O)NC(=O)c2ccc(-n3ccc(OCCC4(C(F)(F)F)CC4)n3)nc2N2C[C@@H]1CC2(C)C. The van der Waals surface area contributed by atoms with E-state index in [4.69, 9.17) is 15.5 Å². The van der Waals surface area contributed by atoms with Gasteiger partial charge in [0.15, 0.2) is 10.8 Å². The highest BCUT2D eigenvalue weighted by Gasteiger charge is 2.62. The molecule has 0 spiro atoms. The van der Waals surface area contributed by atoms with Crippen LogP contribution in [-0.2, 0) is 14.8 Å². The van der Waals surface area contributed by atoms with E-state index in [0.717, 1.165) is 6.42 Å². The molecule has 3 aliphatic rings. The van der Waals surface area contributed by atoms with Crippen molar-refractivity contribution in [3.63, 3.8) is 0 Å². The van der Waals surface area contributed by atoms with E-state index in [1.54, 1.807) is 12.3 Å². The van der Waals surface area contributed by atoms with E-state index < -0.39 is 39.0 Å². The summed E-state index contributed by atoms with van der Waals surface area (Å²) in [5.74, 6) is -0.00421.